The molecule has 0 spiro atoms. The first-order valence-corrected chi connectivity index (χ1v) is 10.9. The largest absolute Gasteiger partial charge is 0.497 e. The maximum absolute atomic E-state index is 13.2. The molecule has 0 aliphatic carbocycles. The number of anilines is 2. The Morgan fingerprint density at radius 3 is 2.21 bits per heavy atom. The minimum atomic E-state index is -3.89. The Balaban J connectivity index is 1.77. The highest BCUT2D eigenvalue weighted by molar-refractivity contribution is 7.95. The topological polar surface area (TPSA) is 84.9 Å². The van der Waals surface area contributed by atoms with E-state index in [0.717, 1.165) is 0 Å². The molecule has 8 heteroatoms. The second-order valence-electron chi connectivity index (χ2n) is 7.40. The molecule has 1 N–H and O–H groups in total. The number of hydrogen-bond donors (Lipinski definition) is 1. The fourth-order valence-corrected chi connectivity index (χ4v) is 5.06. The summed E-state index contributed by atoms with van der Waals surface area (Å²) in [7, 11) is -2.34. The number of nitrogens with zero attached hydrogens (tertiary/aromatic N) is 1. The molecule has 29 heavy (non-hydrogen) atoms. The minimum Gasteiger partial charge on any atom is -0.497 e. The number of carbonyl (C=O) groups is 1. The third kappa shape index (κ3) is 4.03. The lowest BCUT2D eigenvalue weighted by molar-refractivity contribution is -0.118. The van der Waals surface area contributed by atoms with Crippen molar-refractivity contribution in [3.63, 3.8) is 0 Å². The molecule has 3 rings (SSSR count). The second-order valence-corrected chi connectivity index (χ2v) is 9.69. The average Bonchev–Trinajstić information content (AvgIpc) is 2.93. The van der Waals surface area contributed by atoms with Gasteiger partial charge in [-0.3, -0.25) is 9.10 Å². The Labute approximate surface area is 171 Å². The van der Waals surface area contributed by atoms with Crippen LogP contribution < -0.4 is 19.1 Å². The Hall–Kier alpha value is -2.74. The summed E-state index contributed by atoms with van der Waals surface area (Å²) in [5.41, 5.74) is 1.03. The zero-order valence-corrected chi connectivity index (χ0v) is 17.8. The molecule has 0 unspecified atom stereocenters. The van der Waals surface area contributed by atoms with E-state index in [4.69, 9.17) is 9.47 Å². The van der Waals surface area contributed by atoms with Gasteiger partial charge in [0.25, 0.3) is 0 Å². The van der Waals surface area contributed by atoms with E-state index in [1.165, 1.54) is 11.2 Å². The van der Waals surface area contributed by atoms with Gasteiger partial charge in [-0.15, -0.1) is 0 Å². The molecule has 1 saturated heterocycles. The van der Waals surface area contributed by atoms with Gasteiger partial charge in [0, 0.05) is 12.2 Å². The van der Waals surface area contributed by atoms with E-state index < -0.39 is 20.7 Å². The molecule has 0 saturated carbocycles. The smallest absolute Gasteiger partial charge is 0.249 e. The summed E-state index contributed by atoms with van der Waals surface area (Å²) >= 11 is 0. The number of nitrogens with one attached hydrogen (secondary N) is 1. The summed E-state index contributed by atoms with van der Waals surface area (Å²) in [6.45, 7) is 5.56. The molecule has 1 aliphatic heterocycles. The predicted molar refractivity (Wildman–Crippen MR) is 113 cm³/mol. The second kappa shape index (κ2) is 7.94. The van der Waals surface area contributed by atoms with Gasteiger partial charge in [-0.2, -0.15) is 0 Å². The van der Waals surface area contributed by atoms with Crippen LogP contribution in [-0.2, 0) is 14.8 Å². The van der Waals surface area contributed by atoms with Crippen molar-refractivity contribution in [1.29, 1.82) is 0 Å². The van der Waals surface area contributed by atoms with Gasteiger partial charge in [0.05, 0.1) is 18.9 Å². The molecule has 1 aliphatic rings. The molecule has 1 fully saturated rings. The number of benzene rings is 2. The van der Waals surface area contributed by atoms with Crippen molar-refractivity contribution in [2.75, 3.05) is 23.3 Å². The van der Waals surface area contributed by atoms with E-state index in [2.05, 4.69) is 5.32 Å². The molecule has 156 valence electrons. The third-order valence-corrected chi connectivity index (χ3v) is 7.48. The first kappa shape index (κ1) is 21.0. The van der Waals surface area contributed by atoms with Crippen LogP contribution in [0.2, 0.25) is 0 Å². The van der Waals surface area contributed by atoms with Gasteiger partial charge in [-0.05, 0) is 75.7 Å². The Kier molecular flexibility index (Phi) is 5.75. The van der Waals surface area contributed by atoms with Crippen LogP contribution in [0.4, 0.5) is 11.4 Å². The number of ether oxygens (including phenoxy) is 2. The van der Waals surface area contributed by atoms with Crippen LogP contribution in [0, 0.1) is 0 Å². The number of methoxy groups -OCH3 is 1. The summed E-state index contributed by atoms with van der Waals surface area (Å²) in [6.07, 6.45) is 0.240. The first-order valence-electron chi connectivity index (χ1n) is 9.42. The van der Waals surface area contributed by atoms with E-state index in [1.807, 2.05) is 13.8 Å². The molecular weight excluding hydrogens is 392 g/mol. The lowest BCUT2D eigenvalue weighted by atomic mass is 10.1. The third-order valence-electron chi connectivity index (χ3n) is 4.98. The number of rotatable bonds is 6. The highest BCUT2D eigenvalue weighted by Gasteiger charge is 2.54. The van der Waals surface area contributed by atoms with E-state index >= 15 is 0 Å². The van der Waals surface area contributed by atoms with Crippen molar-refractivity contribution in [2.24, 2.45) is 0 Å². The fourth-order valence-electron chi connectivity index (χ4n) is 3.21. The van der Waals surface area contributed by atoms with Gasteiger partial charge in [-0.25, -0.2) is 8.42 Å². The minimum absolute atomic E-state index is 0.0434. The van der Waals surface area contributed by atoms with Crippen molar-refractivity contribution in [3.05, 3.63) is 48.5 Å². The highest BCUT2D eigenvalue weighted by Crippen LogP contribution is 2.38. The van der Waals surface area contributed by atoms with Crippen LogP contribution in [0.25, 0.3) is 0 Å². The van der Waals surface area contributed by atoms with E-state index in [0.29, 0.717) is 22.9 Å². The number of sulfonamides is 1. The van der Waals surface area contributed by atoms with E-state index in [1.54, 1.807) is 55.6 Å². The molecule has 1 atom stereocenters. The van der Waals surface area contributed by atoms with Crippen molar-refractivity contribution in [3.8, 4) is 11.5 Å². The lowest BCUT2D eigenvalue weighted by Gasteiger charge is -2.25. The predicted octanol–water partition coefficient (Wildman–Crippen LogP) is 3.42. The molecule has 7 nitrogen and oxygen atoms in total. The number of amides is 1. The van der Waals surface area contributed by atoms with Crippen molar-refractivity contribution in [2.45, 2.75) is 38.0 Å². The molecule has 0 bridgehead atoms. The van der Waals surface area contributed by atoms with Gasteiger partial charge in [-0.1, -0.05) is 0 Å². The Morgan fingerprint density at radius 1 is 1.07 bits per heavy atom. The molecule has 1 heterocycles. The van der Waals surface area contributed by atoms with Crippen LogP contribution >= 0.6 is 0 Å². The number of hydrogen-bond acceptors (Lipinski definition) is 5. The number of carbonyl (C=O) groups excluding carboxylic acids is 1. The Bertz CT molecular complexity index is 971. The summed E-state index contributed by atoms with van der Waals surface area (Å²) in [5.74, 6) is 0.769. The quantitative estimate of drug-likeness (QED) is 0.777. The summed E-state index contributed by atoms with van der Waals surface area (Å²) in [5, 5.41) is 2.73. The van der Waals surface area contributed by atoms with Crippen LogP contribution in [0.15, 0.2) is 48.5 Å². The summed E-state index contributed by atoms with van der Waals surface area (Å²) in [4.78, 5) is 12.9. The fraction of sp³-hybridized carbons (Fsp3) is 0.381. The molecule has 2 aromatic carbocycles. The molecule has 1 amide bonds. The zero-order valence-electron chi connectivity index (χ0n) is 17.0. The monoisotopic (exact) mass is 418 g/mol. The molecule has 0 aromatic heterocycles. The van der Waals surface area contributed by atoms with Crippen molar-refractivity contribution in [1.82, 2.24) is 0 Å². The Morgan fingerprint density at radius 2 is 1.66 bits per heavy atom. The lowest BCUT2D eigenvalue weighted by Crippen LogP contribution is -2.47. The normalized spacial score (nSPS) is 20.5. The van der Waals surface area contributed by atoms with Crippen LogP contribution in [0.3, 0.4) is 0 Å². The van der Waals surface area contributed by atoms with Crippen molar-refractivity contribution < 1.29 is 22.7 Å². The van der Waals surface area contributed by atoms with Crippen LogP contribution in [-0.4, -0.2) is 38.8 Å². The van der Waals surface area contributed by atoms with Gasteiger partial charge >= 0.3 is 0 Å². The zero-order chi connectivity index (χ0) is 21.2. The van der Waals surface area contributed by atoms with Crippen LogP contribution in [0.5, 0.6) is 11.5 Å². The van der Waals surface area contributed by atoms with E-state index in [-0.39, 0.29) is 19.1 Å². The standard InChI is InChI=1S/C21H26N2O5S/c1-15(2)28-19-9-5-16(6-10-19)22-20(24)21(3)13-14-23(29(21,25)26)17-7-11-18(27-4)12-8-17/h5-12,15H,13-14H2,1-4H3,(H,22,24)/t21-/m1/s1. The maximum atomic E-state index is 13.2. The molecule has 0 radical (unpaired) electrons. The highest BCUT2D eigenvalue weighted by atomic mass is 32.2. The summed E-state index contributed by atoms with van der Waals surface area (Å²) < 4.78 is 36.8. The first-order chi connectivity index (χ1) is 13.7. The van der Waals surface area contributed by atoms with Gasteiger partial charge in [0.15, 0.2) is 4.75 Å². The van der Waals surface area contributed by atoms with Crippen LogP contribution in [0.1, 0.15) is 27.2 Å². The molecule has 2 aromatic rings. The average molecular weight is 419 g/mol. The van der Waals surface area contributed by atoms with Gasteiger partial charge in [0.1, 0.15) is 11.5 Å². The van der Waals surface area contributed by atoms with Gasteiger partial charge in [0.2, 0.25) is 15.9 Å². The van der Waals surface area contributed by atoms with Crippen molar-refractivity contribution >= 4 is 27.3 Å². The van der Waals surface area contributed by atoms with Gasteiger partial charge < -0.3 is 14.8 Å². The SMILES string of the molecule is COc1ccc(N2CC[C@](C)(C(=O)Nc3ccc(OC(C)C)cc3)S2(=O)=O)cc1. The maximum Gasteiger partial charge on any atom is 0.249 e. The van der Waals surface area contributed by atoms with E-state index in [9.17, 15) is 13.2 Å². The summed E-state index contributed by atoms with van der Waals surface area (Å²) in [6, 6.07) is 13.6. The molecular formula is C21H26N2O5S.